The predicted octanol–water partition coefficient (Wildman–Crippen LogP) is 0.368. The van der Waals surface area contributed by atoms with Crippen LogP contribution < -0.4 is 9.18 Å². The first kappa shape index (κ1) is 11.8. The second-order valence-corrected chi connectivity index (χ2v) is 9.37. The van der Waals surface area contributed by atoms with Gasteiger partial charge in [0.25, 0.3) is 0 Å². The van der Waals surface area contributed by atoms with E-state index < -0.39 is 0 Å². The van der Waals surface area contributed by atoms with E-state index >= 15 is 0 Å². The molecule has 0 spiro atoms. The number of aryl methyl sites for hydroxylation is 2. The molecule has 0 aliphatic heterocycles. The zero-order valence-electron chi connectivity index (χ0n) is 9.18. The Morgan fingerprint density at radius 1 is 0.812 bits per heavy atom. The fourth-order valence-electron chi connectivity index (χ4n) is 1.20. The summed E-state index contributed by atoms with van der Waals surface area (Å²) in [5, 5.41) is 0. The molecular weight excluding hydrogens is 330 g/mol. The molecule has 0 saturated heterocycles. The van der Waals surface area contributed by atoms with Crippen molar-refractivity contribution >= 4 is 35.4 Å². The summed E-state index contributed by atoms with van der Waals surface area (Å²) in [6.07, 6.45) is 3.76. The molecule has 0 radical (unpaired) electrons. The van der Waals surface area contributed by atoms with Gasteiger partial charge in [0.05, 0.1) is 0 Å². The quantitative estimate of drug-likeness (QED) is 0.754. The maximum atomic E-state index is 4.44. The minimum absolute atomic E-state index is 0.442. The van der Waals surface area contributed by atoms with E-state index in [9.17, 15) is 0 Å². The Morgan fingerprint density at radius 3 is 1.62 bits per heavy atom. The van der Waals surface area contributed by atoms with Gasteiger partial charge >= 0.3 is 107 Å². The van der Waals surface area contributed by atoms with Crippen molar-refractivity contribution < 1.29 is 0 Å². The third-order valence-electron chi connectivity index (χ3n) is 2.12. The summed E-state index contributed by atoms with van der Waals surface area (Å²) in [5.41, 5.74) is 2.61. The maximum absolute atomic E-state index is 4.44. The molecule has 0 saturated carbocycles. The molecule has 0 aromatic carbocycles. The van der Waals surface area contributed by atoms with Crippen LogP contribution in [0.4, 0.5) is 0 Å². The Bertz CT molecular complexity index is 440. The Labute approximate surface area is 107 Å². The van der Waals surface area contributed by atoms with E-state index in [4.69, 9.17) is 0 Å². The molecule has 0 N–H and O–H groups in total. The molecule has 2 heterocycles. The number of aromatic nitrogens is 2. The average molecular weight is 342 g/mol. The minimum atomic E-state index is 0.442. The van der Waals surface area contributed by atoms with E-state index in [1.807, 2.05) is 24.5 Å². The Hall–Kier alpha value is -0.661. The van der Waals surface area contributed by atoms with Crippen molar-refractivity contribution in [2.24, 2.45) is 0 Å². The standard InChI is InChI=1S/C12H12N2Se2/c1-9-5-3-7-13-11(9)15-16-12-10(2)6-4-8-14-12/h3-8H,1-2H3. The number of rotatable bonds is 3. The SMILES string of the molecule is Cc1cccnc1[Se][Se]c1ncccc1C. The fourth-order valence-corrected chi connectivity index (χ4v) is 8.33. The topological polar surface area (TPSA) is 25.8 Å². The molecule has 2 rings (SSSR count). The van der Waals surface area contributed by atoms with Crippen LogP contribution >= 0.6 is 0 Å². The van der Waals surface area contributed by atoms with Crippen molar-refractivity contribution in [3.8, 4) is 0 Å². The molecular formula is C12H12N2Se2. The van der Waals surface area contributed by atoms with E-state index in [0.717, 1.165) is 0 Å². The number of nitrogens with zero attached hydrogens (tertiary/aromatic N) is 2. The average Bonchev–Trinajstić information content (AvgIpc) is 2.30. The summed E-state index contributed by atoms with van der Waals surface area (Å²) in [4.78, 5) is 8.88. The van der Waals surface area contributed by atoms with Crippen LogP contribution in [0.25, 0.3) is 0 Å². The number of hydrogen-bond acceptors (Lipinski definition) is 2. The molecule has 0 bridgehead atoms. The first-order valence-electron chi connectivity index (χ1n) is 4.95. The monoisotopic (exact) mass is 344 g/mol. The second kappa shape index (κ2) is 5.60. The van der Waals surface area contributed by atoms with Gasteiger partial charge in [0.1, 0.15) is 0 Å². The Morgan fingerprint density at radius 2 is 1.25 bits per heavy atom. The molecule has 0 unspecified atom stereocenters. The molecule has 4 heteroatoms. The van der Waals surface area contributed by atoms with Crippen LogP contribution in [-0.4, -0.2) is 36.2 Å². The van der Waals surface area contributed by atoms with Crippen molar-refractivity contribution in [3.05, 3.63) is 47.8 Å². The second-order valence-electron chi connectivity index (χ2n) is 3.42. The van der Waals surface area contributed by atoms with Crippen LogP contribution in [-0.2, 0) is 0 Å². The summed E-state index contributed by atoms with van der Waals surface area (Å²) in [5.74, 6) is 0. The van der Waals surface area contributed by atoms with Crippen LogP contribution in [0.1, 0.15) is 11.1 Å². The van der Waals surface area contributed by atoms with Crippen molar-refractivity contribution in [2.45, 2.75) is 13.8 Å². The molecule has 2 aromatic rings. The summed E-state index contributed by atoms with van der Waals surface area (Å²) in [6, 6.07) is 8.25. The van der Waals surface area contributed by atoms with E-state index in [0.29, 0.717) is 26.3 Å². The van der Waals surface area contributed by atoms with Gasteiger partial charge in [-0.05, 0) is 0 Å². The normalized spacial score (nSPS) is 10.4. The van der Waals surface area contributed by atoms with E-state index in [-0.39, 0.29) is 0 Å². The zero-order chi connectivity index (χ0) is 11.4. The molecule has 0 fully saturated rings. The fraction of sp³-hybridized carbons (Fsp3) is 0.167. The van der Waals surface area contributed by atoms with Crippen LogP contribution in [0.2, 0.25) is 0 Å². The summed E-state index contributed by atoms with van der Waals surface area (Å²) in [6.45, 7) is 4.26. The molecule has 2 nitrogen and oxygen atoms in total. The van der Waals surface area contributed by atoms with Gasteiger partial charge in [0, 0.05) is 0 Å². The molecule has 0 aliphatic carbocycles. The van der Waals surface area contributed by atoms with Crippen molar-refractivity contribution in [1.29, 1.82) is 0 Å². The molecule has 2 aromatic heterocycles. The number of pyridine rings is 2. The molecule has 16 heavy (non-hydrogen) atoms. The molecule has 0 aliphatic rings. The van der Waals surface area contributed by atoms with Gasteiger partial charge in [-0.2, -0.15) is 0 Å². The summed E-state index contributed by atoms with van der Waals surface area (Å²) < 4.78 is 2.53. The van der Waals surface area contributed by atoms with Gasteiger partial charge in [-0.15, -0.1) is 0 Å². The van der Waals surface area contributed by atoms with Crippen molar-refractivity contribution in [3.63, 3.8) is 0 Å². The van der Waals surface area contributed by atoms with Gasteiger partial charge < -0.3 is 0 Å². The third kappa shape index (κ3) is 2.93. The van der Waals surface area contributed by atoms with Crippen LogP contribution in [0.5, 0.6) is 0 Å². The van der Waals surface area contributed by atoms with Crippen LogP contribution in [0.3, 0.4) is 0 Å². The van der Waals surface area contributed by atoms with Crippen LogP contribution in [0.15, 0.2) is 36.7 Å². The molecule has 0 atom stereocenters. The summed E-state index contributed by atoms with van der Waals surface area (Å²) in [7, 11) is 0. The zero-order valence-corrected chi connectivity index (χ0v) is 12.6. The summed E-state index contributed by atoms with van der Waals surface area (Å²) >= 11 is 0.884. The van der Waals surface area contributed by atoms with Crippen LogP contribution in [0, 0.1) is 13.8 Å². The van der Waals surface area contributed by atoms with Gasteiger partial charge in [0.15, 0.2) is 0 Å². The van der Waals surface area contributed by atoms with Gasteiger partial charge in [-0.25, -0.2) is 0 Å². The van der Waals surface area contributed by atoms with Crippen molar-refractivity contribution in [1.82, 2.24) is 9.97 Å². The first-order valence-corrected chi connectivity index (χ1v) is 11.0. The molecule has 82 valence electrons. The van der Waals surface area contributed by atoms with Gasteiger partial charge in [-0.1, -0.05) is 0 Å². The van der Waals surface area contributed by atoms with E-state index in [2.05, 4.69) is 35.9 Å². The van der Waals surface area contributed by atoms with Gasteiger partial charge in [0.2, 0.25) is 0 Å². The Kier molecular flexibility index (Phi) is 4.14. The first-order chi connectivity index (χ1) is 7.77. The Balaban J connectivity index is 2.09. The van der Waals surface area contributed by atoms with E-state index in [1.165, 1.54) is 20.3 Å². The molecule has 0 amide bonds. The third-order valence-corrected chi connectivity index (χ3v) is 9.10. The van der Waals surface area contributed by atoms with E-state index in [1.54, 1.807) is 0 Å². The van der Waals surface area contributed by atoms with Crippen molar-refractivity contribution in [2.75, 3.05) is 0 Å². The number of hydrogen-bond donors (Lipinski definition) is 0. The van der Waals surface area contributed by atoms with Gasteiger partial charge in [-0.3, -0.25) is 0 Å². The predicted molar refractivity (Wildman–Crippen MR) is 68.7 cm³/mol.